The van der Waals surface area contributed by atoms with Crippen molar-refractivity contribution in [3.63, 3.8) is 0 Å². The lowest BCUT2D eigenvalue weighted by Crippen LogP contribution is -2.47. The van der Waals surface area contributed by atoms with E-state index in [0.29, 0.717) is 77.9 Å². The van der Waals surface area contributed by atoms with Crippen molar-refractivity contribution in [1.82, 2.24) is 29.8 Å². The molecule has 0 bridgehead atoms. The molecule has 6 aliphatic rings. The van der Waals surface area contributed by atoms with Crippen molar-refractivity contribution in [3.8, 4) is 23.0 Å². The van der Waals surface area contributed by atoms with Crippen LogP contribution in [0.5, 0.6) is 23.0 Å². The topological polar surface area (TPSA) is 568 Å². The minimum absolute atomic E-state index is 0.0104. The summed E-state index contributed by atoms with van der Waals surface area (Å²) in [6, 6.07) is 27.5. The molecular weight excluding hydrogens is 1760 g/mol. The summed E-state index contributed by atoms with van der Waals surface area (Å²) in [4.78, 5) is 96.4. The number of anilines is 4. The minimum Gasteiger partial charge on any atom is -0.748 e. The maximum absolute atomic E-state index is 13.8. The first kappa shape index (κ1) is 93.8. The summed E-state index contributed by atoms with van der Waals surface area (Å²) in [5, 5.41) is 40.6. The highest BCUT2D eigenvalue weighted by molar-refractivity contribution is 7.87. The van der Waals surface area contributed by atoms with Gasteiger partial charge in [0, 0.05) is 167 Å². The summed E-state index contributed by atoms with van der Waals surface area (Å²) in [7, 11) is -11.5. The molecule has 0 saturated carbocycles. The molecule has 6 aliphatic heterocycles. The number of nitrogens with zero attached hydrogens (tertiary/aromatic N) is 12. The maximum Gasteiger partial charge on any atom is 0.336 e. The number of amides is 4. The first-order chi connectivity index (χ1) is 60.7. The third-order valence-electron chi connectivity index (χ3n) is 23.3. The zero-order valence-electron chi connectivity index (χ0n) is 72.1. The van der Waals surface area contributed by atoms with Crippen LogP contribution in [0.15, 0.2) is 156 Å². The number of aromatic nitrogens is 2. The standard InChI is InChI=1S/2C44H44N8O11S2/c1-43(2)18-25(22-64(57,58)59)30-14-33-37(16-35(30)51(43)5)63-38-17-36-31(26(23-65(60,61)62)19-44(3,4)52(36)6)15-34(38)40(33)32-13-24(7-10-29(32)42(55)56)41(54)46-12-11-39(53)49-28-9-8-27(47-20-28)21-48-50-45;1-43(2)18-25(22-64(57,58)59)30-14-33-37(16-35(30)51(43)5)63-38-17-36-31(26(23-65(60,61)62)19-44(3,4)52(36)6)15-34(38)40(33)29-10-7-24(13-32(29)42(55)56)41(54)46-12-11-39(53)49-28-9-8-27(47-20-28)21-48-50-45/h2*7-10,13-20H,11-12,21-23H2,1-6H3,(H4-,46,49,53,54,55,56,57,58,59,60,61,62). The van der Waals surface area contributed by atoms with Gasteiger partial charge in [0.2, 0.25) is 22.5 Å². The Kier molecular flexibility index (Phi) is 25.5. The predicted molar refractivity (Wildman–Crippen MR) is 481 cm³/mol. The Balaban J connectivity index is 0.000000222. The number of nitrogens with one attached hydrogen (secondary N) is 4. The van der Waals surface area contributed by atoms with Crippen LogP contribution in [0.4, 0.5) is 22.7 Å². The smallest absolute Gasteiger partial charge is 0.336 e. The van der Waals surface area contributed by atoms with Crippen molar-refractivity contribution in [1.29, 1.82) is 0 Å². The molecule has 42 heteroatoms. The highest BCUT2D eigenvalue weighted by Crippen LogP contribution is 2.50. The lowest BCUT2D eigenvalue weighted by molar-refractivity contribution is -0.116. The monoisotopic (exact) mass is 1850 g/mol. The molecule has 0 spiro atoms. The number of rotatable bonds is 26. The number of azide groups is 2. The summed E-state index contributed by atoms with van der Waals surface area (Å²) in [6.07, 6.45) is 9.26. The number of carboxylic acids is 2. The highest BCUT2D eigenvalue weighted by Gasteiger charge is 2.41. The number of ether oxygens (including phenoxy) is 2. The lowest BCUT2D eigenvalue weighted by Gasteiger charge is -2.42. The predicted octanol–water partition coefficient (Wildman–Crippen LogP) is 8.09. The first-order valence-corrected chi connectivity index (χ1v) is 46.4. The van der Waals surface area contributed by atoms with Gasteiger partial charge in [-0.15, -0.1) is 0 Å². The fraction of sp³-hybridized carbons (Fsp3) is 0.295. The van der Waals surface area contributed by atoms with E-state index < -0.39 is 121 Å². The molecule has 2 aromatic heterocycles. The van der Waals surface area contributed by atoms with Crippen LogP contribution in [0.25, 0.3) is 54.3 Å². The van der Waals surface area contributed by atoms with Crippen LogP contribution in [-0.4, -0.2) is 194 Å². The number of fused-ring (bicyclic) bond motifs is 8. The summed E-state index contributed by atoms with van der Waals surface area (Å²) in [5.41, 5.74) is 19.9. The molecule has 0 fully saturated rings. The second-order valence-electron chi connectivity index (χ2n) is 33.9. The normalized spacial score (nSPS) is 15.7. The Morgan fingerprint density at radius 1 is 0.469 bits per heavy atom. The molecule has 676 valence electrons. The summed E-state index contributed by atoms with van der Waals surface area (Å²) >= 11 is 0. The first-order valence-electron chi connectivity index (χ1n) is 40.0. The SMILES string of the molecule is CN1c2cc3c(cc2C(CS(=O)(=O)[O-])=CC1(C)C)C(c1cc(C(=O)NCCC(=O)Nc2ccc(CN=[N+]=[N-])nc2)ccc1C(=O)O)=c1cc2c(cc1O3)=[N+](C)C(C)(C)C=C2CS(=O)(=O)O.CN1c2cc3c(cc2C(CS(=O)(=O)[O-])=CC1(C)C)C(c1ccc(C(=O)NCCC(=O)Nc2ccc(CN=[N+]=[N-])nc2)cc1C(=O)O)=c1cc2c(cc1O3)=[N+](C)C(C)(C)C=C2CS(=O)(=O)O. The molecule has 8 heterocycles. The molecular formula is C88H88N16O22S4. The molecule has 130 heavy (non-hydrogen) atoms. The van der Waals surface area contributed by atoms with Crippen molar-refractivity contribution in [3.05, 3.63) is 266 Å². The zero-order valence-corrected chi connectivity index (χ0v) is 75.3. The molecule has 0 aliphatic carbocycles. The average molecular weight is 1850 g/mol. The van der Waals surface area contributed by atoms with E-state index in [1.807, 2.05) is 81.4 Å². The van der Waals surface area contributed by atoms with Crippen LogP contribution in [0, 0.1) is 0 Å². The number of carboxylic acid groups (broad SMARTS) is 2. The van der Waals surface area contributed by atoms with Gasteiger partial charge < -0.3 is 59.9 Å². The van der Waals surface area contributed by atoms with E-state index in [1.165, 1.54) is 48.8 Å². The summed E-state index contributed by atoms with van der Waals surface area (Å²) in [5.74, 6) is -7.19. The number of carbonyl (C=O) groups is 6. The molecule has 0 atom stereocenters. The van der Waals surface area contributed by atoms with Gasteiger partial charge in [0.25, 0.3) is 32.1 Å². The molecule has 14 rings (SSSR count). The third kappa shape index (κ3) is 20.3. The lowest BCUT2D eigenvalue weighted by atomic mass is 9.83. The molecule has 0 saturated heterocycles. The number of carbonyl (C=O) groups excluding carboxylic acids is 4. The summed E-state index contributed by atoms with van der Waals surface area (Å²) < 4.78 is 160. The zero-order chi connectivity index (χ0) is 94.8. The van der Waals surface area contributed by atoms with Gasteiger partial charge in [0.15, 0.2) is 11.1 Å². The Bertz CT molecular complexity index is 7280. The molecule has 6 aromatic carbocycles. The van der Waals surface area contributed by atoms with Gasteiger partial charge in [-0.2, -0.15) is 16.8 Å². The van der Waals surface area contributed by atoms with Crippen LogP contribution >= 0.6 is 0 Å². The van der Waals surface area contributed by atoms with Gasteiger partial charge in [-0.1, -0.05) is 28.4 Å². The van der Waals surface area contributed by atoms with Gasteiger partial charge in [-0.25, -0.2) is 35.6 Å². The number of benzene rings is 6. The van der Waals surface area contributed by atoms with Crippen molar-refractivity contribution in [2.24, 2.45) is 10.2 Å². The number of hydrogen-bond donors (Lipinski definition) is 8. The van der Waals surface area contributed by atoms with Crippen molar-refractivity contribution < 1.29 is 100 Å². The Labute approximate surface area is 745 Å². The van der Waals surface area contributed by atoms with Gasteiger partial charge in [-0.3, -0.25) is 38.3 Å². The third-order valence-corrected chi connectivity index (χ3v) is 26.0. The minimum atomic E-state index is -4.80. The van der Waals surface area contributed by atoms with E-state index in [2.05, 4.69) is 51.3 Å². The fourth-order valence-corrected chi connectivity index (χ4v) is 18.8. The van der Waals surface area contributed by atoms with Crippen LogP contribution in [0.3, 0.4) is 0 Å². The van der Waals surface area contributed by atoms with E-state index in [4.69, 9.17) is 20.5 Å². The Morgan fingerprint density at radius 3 is 1.24 bits per heavy atom. The Hall–Kier alpha value is -13.8. The fourth-order valence-electron chi connectivity index (χ4n) is 16.3. The molecule has 0 unspecified atom stereocenters. The molecule has 4 amide bonds. The summed E-state index contributed by atoms with van der Waals surface area (Å²) in [6.45, 7) is 14.7. The largest absolute Gasteiger partial charge is 0.748 e. The second kappa shape index (κ2) is 35.3. The highest BCUT2D eigenvalue weighted by atomic mass is 32.2. The molecule has 38 nitrogen and oxygen atoms in total. The van der Waals surface area contributed by atoms with E-state index in [-0.39, 0.29) is 140 Å². The Morgan fingerprint density at radius 2 is 0.862 bits per heavy atom. The quantitative estimate of drug-likeness (QED) is 0.00834. The molecule has 8 aromatic rings. The van der Waals surface area contributed by atoms with Crippen LogP contribution in [-0.2, 0) is 63.2 Å². The van der Waals surface area contributed by atoms with E-state index in [0.717, 1.165) is 0 Å². The van der Waals surface area contributed by atoms with E-state index in [9.17, 15) is 90.9 Å². The number of likely N-dealkylation sites (N-methyl/N-ethyl adjacent to an activating group) is 4. The van der Waals surface area contributed by atoms with Gasteiger partial charge in [-0.05, 0) is 163 Å². The van der Waals surface area contributed by atoms with Crippen molar-refractivity contribution in [2.75, 3.05) is 84.7 Å². The number of pyridine rings is 2. The average Bonchev–Trinajstić information content (AvgIpc) is 0.716. The van der Waals surface area contributed by atoms with Crippen molar-refractivity contribution >= 4 is 132 Å². The maximum atomic E-state index is 13.8. The van der Waals surface area contributed by atoms with Gasteiger partial charge >= 0.3 is 11.9 Å². The van der Waals surface area contributed by atoms with E-state index in [1.54, 1.807) is 118 Å². The second-order valence-corrected chi connectivity index (χ2v) is 39.6. The van der Waals surface area contributed by atoms with Crippen LogP contribution in [0.2, 0.25) is 0 Å². The number of aromatic carboxylic acids is 2. The molecule has 0 radical (unpaired) electrons. The van der Waals surface area contributed by atoms with Crippen LogP contribution in [0.1, 0.15) is 166 Å². The van der Waals surface area contributed by atoms with Gasteiger partial charge in [0.1, 0.15) is 48.6 Å². The molecule has 8 N–H and O–H groups in total. The van der Waals surface area contributed by atoms with Gasteiger partial charge in [0.05, 0.1) is 114 Å². The van der Waals surface area contributed by atoms with Crippen molar-refractivity contribution in [2.45, 2.75) is 103 Å². The van der Waals surface area contributed by atoms with E-state index >= 15 is 0 Å². The number of hydrogen-bond acceptors (Lipinski definition) is 24. The van der Waals surface area contributed by atoms with Crippen LogP contribution < -0.4 is 70.8 Å².